The van der Waals surface area contributed by atoms with Crippen LogP contribution in [-0.2, 0) is 0 Å². The minimum atomic E-state index is -4.85. The molecule has 6 heteroatoms. The van der Waals surface area contributed by atoms with E-state index in [0.717, 1.165) is 6.07 Å². The molecular weight excluding hydrogens is 271 g/mol. The van der Waals surface area contributed by atoms with Crippen LogP contribution in [0.2, 0.25) is 0 Å². The number of aryl methyl sites for hydroxylation is 1. The molecule has 0 fully saturated rings. The Morgan fingerprint density at radius 2 is 1.95 bits per heavy atom. The van der Waals surface area contributed by atoms with Gasteiger partial charge in [-0.1, -0.05) is 12.1 Å². The molecule has 0 atom stereocenters. The highest BCUT2D eigenvalue weighted by Crippen LogP contribution is 2.30. The molecule has 1 aromatic heterocycles. The first-order chi connectivity index (χ1) is 9.38. The molecule has 0 amide bonds. The van der Waals surface area contributed by atoms with Gasteiger partial charge in [-0.25, -0.2) is 0 Å². The van der Waals surface area contributed by atoms with Crippen molar-refractivity contribution in [1.29, 1.82) is 0 Å². The second-order valence-electron chi connectivity index (χ2n) is 4.07. The molecule has 3 nitrogen and oxygen atoms in total. The second-order valence-corrected chi connectivity index (χ2v) is 4.07. The fourth-order valence-electron chi connectivity index (χ4n) is 1.78. The van der Waals surface area contributed by atoms with E-state index in [9.17, 15) is 18.0 Å². The topological polar surface area (TPSA) is 39.2 Å². The molecule has 0 saturated heterocycles. The number of aromatic nitrogens is 1. The average Bonchev–Trinajstić information content (AvgIpc) is 2.37. The number of ketones is 1. The molecule has 0 bridgehead atoms. The molecule has 0 aliphatic heterocycles. The SMILES string of the molecule is Cc1cccc(OC(F)(F)F)c1C(=O)c1cccnc1. The Balaban J connectivity index is 2.48. The molecular formula is C14H10F3NO2. The van der Waals surface area contributed by atoms with Gasteiger partial charge in [0.05, 0.1) is 5.56 Å². The van der Waals surface area contributed by atoms with Gasteiger partial charge in [-0.15, -0.1) is 13.2 Å². The molecule has 0 unspecified atom stereocenters. The zero-order chi connectivity index (χ0) is 14.8. The Morgan fingerprint density at radius 1 is 1.20 bits per heavy atom. The number of pyridine rings is 1. The Bertz CT molecular complexity index is 624. The number of alkyl halides is 3. The zero-order valence-corrected chi connectivity index (χ0v) is 10.4. The Kier molecular flexibility index (Phi) is 3.74. The van der Waals surface area contributed by atoms with Crippen molar-refractivity contribution in [2.45, 2.75) is 13.3 Å². The van der Waals surface area contributed by atoms with E-state index in [1.165, 1.54) is 30.6 Å². The van der Waals surface area contributed by atoms with Gasteiger partial charge in [0.15, 0.2) is 5.78 Å². The van der Waals surface area contributed by atoms with E-state index in [0.29, 0.717) is 5.56 Å². The van der Waals surface area contributed by atoms with Gasteiger partial charge < -0.3 is 4.74 Å². The zero-order valence-electron chi connectivity index (χ0n) is 10.4. The summed E-state index contributed by atoms with van der Waals surface area (Å²) in [6.07, 6.45) is -2.08. The predicted molar refractivity (Wildman–Crippen MR) is 65.5 cm³/mol. The predicted octanol–water partition coefficient (Wildman–Crippen LogP) is 3.52. The van der Waals surface area contributed by atoms with Crippen molar-refractivity contribution in [3.63, 3.8) is 0 Å². The summed E-state index contributed by atoms with van der Waals surface area (Å²) < 4.78 is 41.0. The number of carbonyl (C=O) groups excluding carboxylic acids is 1. The van der Waals surface area contributed by atoms with Crippen LogP contribution in [0.25, 0.3) is 0 Å². The average molecular weight is 281 g/mol. The van der Waals surface area contributed by atoms with Crippen LogP contribution in [0.1, 0.15) is 21.5 Å². The van der Waals surface area contributed by atoms with Crippen molar-refractivity contribution < 1.29 is 22.7 Å². The number of hydrogen-bond donors (Lipinski definition) is 0. The lowest BCUT2D eigenvalue weighted by Crippen LogP contribution is -2.19. The minimum Gasteiger partial charge on any atom is -0.405 e. The van der Waals surface area contributed by atoms with Gasteiger partial charge >= 0.3 is 6.36 Å². The van der Waals surface area contributed by atoms with Crippen LogP contribution in [0.5, 0.6) is 5.75 Å². The van der Waals surface area contributed by atoms with E-state index < -0.39 is 17.9 Å². The smallest absolute Gasteiger partial charge is 0.405 e. The number of rotatable bonds is 3. The van der Waals surface area contributed by atoms with E-state index >= 15 is 0 Å². The highest BCUT2D eigenvalue weighted by atomic mass is 19.4. The van der Waals surface area contributed by atoms with E-state index in [1.807, 2.05) is 0 Å². The number of benzene rings is 1. The van der Waals surface area contributed by atoms with E-state index in [-0.39, 0.29) is 11.1 Å². The molecule has 0 radical (unpaired) electrons. The van der Waals surface area contributed by atoms with Gasteiger partial charge in [-0.3, -0.25) is 9.78 Å². The quantitative estimate of drug-likeness (QED) is 0.808. The number of halogens is 3. The monoisotopic (exact) mass is 281 g/mol. The van der Waals surface area contributed by atoms with Gasteiger partial charge in [0, 0.05) is 18.0 Å². The van der Waals surface area contributed by atoms with E-state index in [1.54, 1.807) is 13.0 Å². The molecule has 0 saturated carbocycles. The molecule has 2 aromatic rings. The summed E-state index contributed by atoms with van der Waals surface area (Å²) in [4.78, 5) is 16.1. The second kappa shape index (κ2) is 5.32. The molecule has 0 spiro atoms. The standard InChI is InChI=1S/C14H10F3NO2/c1-9-4-2-6-11(20-14(15,16)17)12(9)13(19)10-5-3-7-18-8-10/h2-8H,1H3. The third kappa shape index (κ3) is 3.14. The van der Waals surface area contributed by atoms with Crippen molar-refractivity contribution in [3.05, 3.63) is 59.4 Å². The van der Waals surface area contributed by atoms with Gasteiger partial charge in [-0.2, -0.15) is 0 Å². The first-order valence-corrected chi connectivity index (χ1v) is 5.68. The van der Waals surface area contributed by atoms with Crippen LogP contribution in [0.4, 0.5) is 13.2 Å². The Hall–Kier alpha value is -2.37. The summed E-state index contributed by atoms with van der Waals surface area (Å²) in [5.41, 5.74) is 0.493. The van der Waals surface area contributed by atoms with Crippen molar-refractivity contribution in [2.75, 3.05) is 0 Å². The van der Waals surface area contributed by atoms with E-state index in [4.69, 9.17) is 0 Å². The van der Waals surface area contributed by atoms with Gasteiger partial charge in [-0.05, 0) is 30.7 Å². The van der Waals surface area contributed by atoms with Crippen molar-refractivity contribution in [3.8, 4) is 5.75 Å². The molecule has 0 aliphatic rings. The fraction of sp³-hybridized carbons (Fsp3) is 0.143. The van der Waals surface area contributed by atoms with Gasteiger partial charge in [0.25, 0.3) is 0 Å². The third-order valence-electron chi connectivity index (χ3n) is 2.61. The van der Waals surface area contributed by atoms with Crippen molar-refractivity contribution in [2.24, 2.45) is 0 Å². The molecule has 0 N–H and O–H groups in total. The number of carbonyl (C=O) groups is 1. The summed E-state index contributed by atoms with van der Waals surface area (Å²) in [6.45, 7) is 1.55. The summed E-state index contributed by atoms with van der Waals surface area (Å²) in [6, 6.07) is 7.09. The number of ether oxygens (including phenoxy) is 1. The molecule has 2 rings (SSSR count). The normalized spacial score (nSPS) is 11.2. The molecule has 20 heavy (non-hydrogen) atoms. The third-order valence-corrected chi connectivity index (χ3v) is 2.61. The fourth-order valence-corrected chi connectivity index (χ4v) is 1.78. The van der Waals surface area contributed by atoms with Crippen LogP contribution in [0.3, 0.4) is 0 Å². The molecule has 1 heterocycles. The maximum atomic E-state index is 12.4. The Labute approximate surface area is 113 Å². The molecule has 1 aromatic carbocycles. The van der Waals surface area contributed by atoms with Crippen LogP contribution < -0.4 is 4.74 Å². The largest absolute Gasteiger partial charge is 0.573 e. The summed E-state index contributed by atoms with van der Waals surface area (Å²) in [7, 11) is 0. The maximum absolute atomic E-state index is 12.4. The van der Waals surface area contributed by atoms with Crippen LogP contribution in [0.15, 0.2) is 42.7 Å². The number of hydrogen-bond acceptors (Lipinski definition) is 3. The highest BCUT2D eigenvalue weighted by Gasteiger charge is 2.33. The lowest BCUT2D eigenvalue weighted by atomic mass is 9.99. The van der Waals surface area contributed by atoms with Gasteiger partial charge in [0.1, 0.15) is 5.75 Å². The molecule has 104 valence electrons. The first-order valence-electron chi connectivity index (χ1n) is 5.68. The lowest BCUT2D eigenvalue weighted by molar-refractivity contribution is -0.274. The Morgan fingerprint density at radius 3 is 2.55 bits per heavy atom. The summed E-state index contributed by atoms with van der Waals surface area (Å²) >= 11 is 0. The lowest BCUT2D eigenvalue weighted by Gasteiger charge is -2.14. The highest BCUT2D eigenvalue weighted by molar-refractivity contribution is 6.11. The molecule has 0 aliphatic carbocycles. The first kappa shape index (κ1) is 14.0. The maximum Gasteiger partial charge on any atom is 0.573 e. The van der Waals surface area contributed by atoms with Crippen molar-refractivity contribution >= 4 is 5.78 Å². The van der Waals surface area contributed by atoms with E-state index in [2.05, 4.69) is 9.72 Å². The van der Waals surface area contributed by atoms with Crippen LogP contribution in [-0.4, -0.2) is 17.1 Å². The summed E-state index contributed by atoms with van der Waals surface area (Å²) in [5.74, 6) is -1.07. The number of nitrogens with zero attached hydrogens (tertiary/aromatic N) is 1. The van der Waals surface area contributed by atoms with Gasteiger partial charge in [0.2, 0.25) is 0 Å². The minimum absolute atomic E-state index is 0.113. The van der Waals surface area contributed by atoms with Crippen LogP contribution >= 0.6 is 0 Å². The van der Waals surface area contributed by atoms with Crippen LogP contribution in [0, 0.1) is 6.92 Å². The van der Waals surface area contributed by atoms with Crippen molar-refractivity contribution in [1.82, 2.24) is 4.98 Å². The summed E-state index contributed by atoms with van der Waals surface area (Å²) in [5, 5.41) is 0.